The minimum atomic E-state index is -1.43. The lowest BCUT2D eigenvalue weighted by Gasteiger charge is -2.71. The molecular formula is C46H59N3O11S. The van der Waals surface area contributed by atoms with Gasteiger partial charge in [0.15, 0.2) is 23.5 Å². The van der Waals surface area contributed by atoms with Crippen LogP contribution in [0.25, 0.3) is 0 Å². The summed E-state index contributed by atoms with van der Waals surface area (Å²) in [5.41, 5.74) is -0.197. The molecule has 6 saturated carbocycles. The highest BCUT2D eigenvalue weighted by molar-refractivity contribution is 8.00. The molecule has 10 atom stereocenters. The topological polar surface area (TPSA) is 218 Å². The Morgan fingerprint density at radius 3 is 2.43 bits per heavy atom. The fourth-order valence-electron chi connectivity index (χ4n) is 13.0. The van der Waals surface area contributed by atoms with E-state index in [1.807, 2.05) is 51.1 Å². The molecule has 14 nitrogen and oxygen atoms in total. The molecule has 1 aromatic carbocycles. The molecule has 7 aliphatic carbocycles. The number of ether oxygens (including phenoxy) is 2. The minimum absolute atomic E-state index is 0.000837. The molecule has 0 aromatic heterocycles. The zero-order chi connectivity index (χ0) is 43.7. The summed E-state index contributed by atoms with van der Waals surface area (Å²) in [7, 11) is 0. The van der Waals surface area contributed by atoms with Gasteiger partial charge in [0.25, 0.3) is 0 Å². The van der Waals surface area contributed by atoms with Crippen molar-refractivity contribution >= 4 is 47.0 Å². The van der Waals surface area contributed by atoms with Gasteiger partial charge in [0.05, 0.1) is 24.5 Å². The number of nitrogens with one attached hydrogen (secondary N) is 3. The smallest absolute Gasteiger partial charge is 0.303 e. The minimum Gasteiger partial charge on any atom is -0.481 e. The van der Waals surface area contributed by atoms with E-state index in [4.69, 9.17) is 9.47 Å². The van der Waals surface area contributed by atoms with Gasteiger partial charge in [0.1, 0.15) is 12.6 Å². The number of rotatable bonds is 16. The lowest BCUT2D eigenvalue weighted by Crippen LogP contribution is -2.76. The van der Waals surface area contributed by atoms with Crippen LogP contribution in [0.2, 0.25) is 0 Å². The Kier molecular flexibility index (Phi) is 11.5. The van der Waals surface area contributed by atoms with Crippen molar-refractivity contribution in [1.82, 2.24) is 16.0 Å². The third kappa shape index (κ3) is 7.59. The van der Waals surface area contributed by atoms with Crippen molar-refractivity contribution in [3.8, 4) is 0 Å². The SMILES string of the molecule is CC(C)SCC(=O)NCC(=O)N[C@@H](CCC(=O)O)C(=O)NC12CC(Cc3ccc([C@@H]4O[C@@H]5C[C@H]6[C@@H]7CCC8=CC(=O)C=C[C@]8(C)[C@H]7[C@@H](O)C[C@]6(C)[C@]5(C(=O)CO)O4)cc3)(C1)C2. The van der Waals surface area contributed by atoms with Crippen molar-refractivity contribution in [2.24, 2.45) is 34.0 Å². The van der Waals surface area contributed by atoms with E-state index in [9.17, 15) is 44.1 Å². The van der Waals surface area contributed by atoms with E-state index < -0.39 is 76.7 Å². The van der Waals surface area contributed by atoms with E-state index in [2.05, 4.69) is 22.9 Å². The van der Waals surface area contributed by atoms with Gasteiger partial charge < -0.3 is 40.7 Å². The van der Waals surface area contributed by atoms with Crippen LogP contribution in [0.15, 0.2) is 48.1 Å². The number of carboxylic acid groups (broad SMARTS) is 1. The molecule has 0 spiro atoms. The number of ketones is 2. The van der Waals surface area contributed by atoms with Gasteiger partial charge in [-0.25, -0.2) is 0 Å². The number of carboxylic acids is 1. The number of thioether (sulfide) groups is 1. The average Bonchev–Trinajstić information content (AvgIpc) is 3.69. The van der Waals surface area contributed by atoms with Crippen LogP contribution in [0.1, 0.15) is 103 Å². The molecule has 9 rings (SSSR count). The summed E-state index contributed by atoms with van der Waals surface area (Å²) in [6.07, 6.45) is 8.12. The summed E-state index contributed by atoms with van der Waals surface area (Å²) in [6, 6.07) is 6.89. The fourth-order valence-corrected chi connectivity index (χ4v) is 13.6. The summed E-state index contributed by atoms with van der Waals surface area (Å²) >= 11 is 1.44. The van der Waals surface area contributed by atoms with Crippen LogP contribution >= 0.6 is 11.8 Å². The summed E-state index contributed by atoms with van der Waals surface area (Å²) in [6.45, 7) is 7.05. The summed E-state index contributed by atoms with van der Waals surface area (Å²) in [5, 5.41) is 40.1. The molecule has 8 aliphatic rings. The van der Waals surface area contributed by atoms with E-state index >= 15 is 0 Å². The first-order valence-corrected chi connectivity index (χ1v) is 22.8. The Morgan fingerprint density at radius 2 is 1.75 bits per heavy atom. The fraction of sp³-hybridized carbons (Fsp3) is 0.652. The predicted molar refractivity (Wildman–Crippen MR) is 224 cm³/mol. The molecule has 0 radical (unpaired) electrons. The van der Waals surface area contributed by atoms with Gasteiger partial charge in [-0.05, 0) is 98.0 Å². The van der Waals surface area contributed by atoms with Crippen molar-refractivity contribution in [2.75, 3.05) is 18.9 Å². The Hall–Kier alpha value is -3.89. The number of Topliss-reactive ketones (excluding diaryl/α,β-unsaturated/α-hetero) is 1. The van der Waals surface area contributed by atoms with Gasteiger partial charge in [-0.2, -0.15) is 0 Å². The zero-order valence-corrected chi connectivity index (χ0v) is 36.2. The molecule has 1 saturated heterocycles. The van der Waals surface area contributed by atoms with Gasteiger partial charge in [-0.15, -0.1) is 11.8 Å². The number of hydrogen-bond donors (Lipinski definition) is 6. The molecule has 0 unspecified atom stereocenters. The van der Waals surface area contributed by atoms with Crippen molar-refractivity contribution in [2.45, 2.75) is 133 Å². The van der Waals surface area contributed by atoms with Crippen molar-refractivity contribution in [1.29, 1.82) is 0 Å². The molecule has 330 valence electrons. The second kappa shape index (κ2) is 16.0. The lowest BCUT2D eigenvalue weighted by atomic mass is 9.38. The largest absolute Gasteiger partial charge is 0.481 e. The lowest BCUT2D eigenvalue weighted by molar-refractivity contribution is -0.201. The van der Waals surface area contributed by atoms with Crippen molar-refractivity contribution in [3.63, 3.8) is 0 Å². The molecule has 3 amide bonds. The number of aliphatic hydroxyl groups is 2. The number of carbonyl (C=O) groups is 6. The number of carbonyl (C=O) groups excluding carboxylic acids is 5. The summed E-state index contributed by atoms with van der Waals surface area (Å²) < 4.78 is 13.4. The Bertz CT molecular complexity index is 2030. The Balaban J connectivity index is 0.877. The van der Waals surface area contributed by atoms with E-state index in [1.165, 1.54) is 11.8 Å². The predicted octanol–water partition coefficient (Wildman–Crippen LogP) is 3.48. The monoisotopic (exact) mass is 861 g/mol. The molecule has 61 heavy (non-hydrogen) atoms. The summed E-state index contributed by atoms with van der Waals surface area (Å²) in [5.74, 6) is -2.68. The second-order valence-corrected chi connectivity index (χ2v) is 21.3. The molecule has 1 aromatic rings. The third-order valence-electron chi connectivity index (χ3n) is 15.4. The maximum Gasteiger partial charge on any atom is 0.303 e. The van der Waals surface area contributed by atoms with Crippen LogP contribution in [0.4, 0.5) is 0 Å². The van der Waals surface area contributed by atoms with Crippen molar-refractivity contribution < 1.29 is 53.6 Å². The van der Waals surface area contributed by atoms with Gasteiger partial charge in [0, 0.05) is 34.3 Å². The first-order chi connectivity index (χ1) is 28.8. The first-order valence-electron chi connectivity index (χ1n) is 21.7. The van der Waals surface area contributed by atoms with Gasteiger partial charge in [0.2, 0.25) is 17.7 Å². The Morgan fingerprint density at radius 1 is 1.03 bits per heavy atom. The van der Waals surface area contributed by atoms with Gasteiger partial charge in [-0.1, -0.05) is 63.6 Å². The number of fused-ring (bicyclic) bond motifs is 7. The van der Waals surface area contributed by atoms with Crippen LogP contribution in [0.5, 0.6) is 0 Å². The number of allylic oxidation sites excluding steroid dienone is 4. The van der Waals surface area contributed by atoms with Gasteiger partial charge >= 0.3 is 5.97 Å². The quantitative estimate of drug-likeness (QED) is 0.141. The molecule has 1 heterocycles. The highest BCUT2D eigenvalue weighted by Gasteiger charge is 2.76. The van der Waals surface area contributed by atoms with Crippen LogP contribution in [-0.2, 0) is 44.7 Å². The molecule has 2 bridgehead atoms. The summed E-state index contributed by atoms with van der Waals surface area (Å²) in [4.78, 5) is 75.6. The van der Waals surface area contributed by atoms with Crippen molar-refractivity contribution in [3.05, 3.63) is 59.2 Å². The van der Waals surface area contributed by atoms with E-state index in [0.717, 1.165) is 55.2 Å². The van der Waals surface area contributed by atoms with E-state index in [-0.39, 0.29) is 65.2 Å². The molecule has 6 N–H and O–H groups in total. The molecule has 1 aliphatic heterocycles. The van der Waals surface area contributed by atoms with Crippen LogP contribution in [-0.4, -0.2) is 104 Å². The first kappa shape index (κ1) is 43.7. The zero-order valence-electron chi connectivity index (χ0n) is 35.4. The van der Waals surface area contributed by atoms with Crippen LogP contribution < -0.4 is 16.0 Å². The molecule has 7 fully saturated rings. The van der Waals surface area contributed by atoms with Gasteiger partial charge in [-0.3, -0.25) is 28.8 Å². The van der Waals surface area contributed by atoms with E-state index in [0.29, 0.717) is 12.8 Å². The number of aliphatic carboxylic acids is 1. The molecular weight excluding hydrogens is 803 g/mol. The molecule has 15 heteroatoms. The number of hydrogen-bond acceptors (Lipinski definition) is 11. The number of amides is 3. The third-order valence-corrected chi connectivity index (χ3v) is 16.5. The highest BCUT2D eigenvalue weighted by atomic mass is 32.2. The second-order valence-electron chi connectivity index (χ2n) is 19.7. The standard InChI is InChI=1S/C46H59N3O11S/c1-25(2)61-21-37(55)47-19-36(54)48-32(11-12-38(56)57)40(58)49-45-22-44(23-45,24-45)17-26-5-7-27(8-6-26)41-59-35-16-31-30-10-9-28-15-29(51)13-14-42(28,3)39(30)33(52)18-43(31,4)46(35,60-41)34(53)20-50/h5-8,13-15,25,30-33,35,39,41,50,52H,9-12,16-24H2,1-4H3,(H,47,55)(H,48,54)(H,49,58)(H,56,57)/t30-,31-,32-,33-,35+,39+,41+,42-,43-,44?,45?,46+/m0/s1. The average molecular weight is 862 g/mol. The number of aliphatic hydroxyl groups excluding tert-OH is 2. The normalized spacial score (nSPS) is 38.1. The number of benzene rings is 1. The highest BCUT2D eigenvalue weighted by Crippen LogP contribution is 2.71. The maximum atomic E-state index is 13.9. The maximum absolute atomic E-state index is 13.9. The van der Waals surface area contributed by atoms with Crippen LogP contribution in [0, 0.1) is 34.0 Å². The van der Waals surface area contributed by atoms with E-state index in [1.54, 1.807) is 12.2 Å². The Labute approximate surface area is 360 Å². The van der Waals surface area contributed by atoms with Crippen LogP contribution in [0.3, 0.4) is 0 Å².